The molecule has 1 aromatic carbocycles. The van der Waals surface area contributed by atoms with Crippen LogP contribution in [0.4, 0.5) is 5.69 Å². The van der Waals surface area contributed by atoms with Gasteiger partial charge < -0.3 is 4.90 Å². The summed E-state index contributed by atoms with van der Waals surface area (Å²) in [6.45, 7) is 6.13. The van der Waals surface area contributed by atoms with Crippen LogP contribution in [0.2, 0.25) is 0 Å². The number of fused-ring (bicyclic) bond motifs is 1. The van der Waals surface area contributed by atoms with Gasteiger partial charge in [-0.25, -0.2) is 0 Å². The Balaban J connectivity index is 2.16. The van der Waals surface area contributed by atoms with Gasteiger partial charge in [0.1, 0.15) is 0 Å². The first-order valence-electron chi connectivity index (χ1n) is 6.42. The Kier molecular flexibility index (Phi) is 3.07. The molecule has 2 nitrogen and oxygen atoms in total. The zero-order chi connectivity index (χ0) is 14.3. The fraction of sp³-hybridized carbons (Fsp3) is 0.118. The van der Waals surface area contributed by atoms with E-state index in [1.165, 1.54) is 0 Å². The Hall–Kier alpha value is -2.13. The highest BCUT2D eigenvalue weighted by molar-refractivity contribution is 7.11. The number of likely N-dealkylation sites (N-methyl/N-ethyl adjacent to an activating group) is 1. The molecule has 0 aliphatic carbocycles. The fourth-order valence-electron chi connectivity index (χ4n) is 2.52. The molecule has 1 aliphatic rings. The van der Waals surface area contributed by atoms with Gasteiger partial charge in [0.25, 0.3) is 5.91 Å². The van der Waals surface area contributed by atoms with Crippen molar-refractivity contribution < 1.29 is 4.79 Å². The zero-order valence-corrected chi connectivity index (χ0v) is 12.3. The predicted octanol–water partition coefficient (Wildman–Crippen LogP) is 4.21. The lowest BCUT2D eigenvalue weighted by Crippen LogP contribution is -2.20. The summed E-state index contributed by atoms with van der Waals surface area (Å²) in [5.74, 6) is 0.0430. The SMILES string of the molecule is C=C(/C(C)=C1\C(=O)N(C)c2ccccc21)c1cccs1. The molecule has 0 saturated carbocycles. The number of benzene rings is 1. The Labute approximate surface area is 122 Å². The molecule has 0 spiro atoms. The van der Waals surface area contributed by atoms with E-state index in [0.717, 1.165) is 32.8 Å². The van der Waals surface area contributed by atoms with E-state index in [1.54, 1.807) is 16.2 Å². The van der Waals surface area contributed by atoms with Crippen molar-refractivity contribution in [3.8, 4) is 0 Å². The number of carbonyl (C=O) groups excluding carboxylic acids is 1. The smallest absolute Gasteiger partial charge is 0.259 e. The number of carbonyl (C=O) groups is 1. The molecule has 1 aromatic heterocycles. The molecule has 2 heterocycles. The summed E-state index contributed by atoms with van der Waals surface area (Å²) in [5, 5.41) is 2.02. The Bertz CT molecular complexity index is 725. The fourth-order valence-corrected chi connectivity index (χ4v) is 3.27. The summed E-state index contributed by atoms with van der Waals surface area (Å²) in [4.78, 5) is 15.3. The predicted molar refractivity (Wildman–Crippen MR) is 85.8 cm³/mol. The number of amides is 1. The van der Waals surface area contributed by atoms with E-state index in [0.29, 0.717) is 0 Å². The van der Waals surface area contributed by atoms with Crippen LogP contribution in [0.1, 0.15) is 17.4 Å². The minimum Gasteiger partial charge on any atom is -0.311 e. The second kappa shape index (κ2) is 4.76. The normalized spacial score (nSPS) is 16.3. The Morgan fingerprint density at radius 1 is 1.20 bits per heavy atom. The van der Waals surface area contributed by atoms with Crippen molar-refractivity contribution in [1.29, 1.82) is 0 Å². The van der Waals surface area contributed by atoms with Crippen molar-refractivity contribution >= 4 is 34.1 Å². The number of anilines is 1. The lowest BCUT2D eigenvalue weighted by Gasteiger charge is -2.09. The summed E-state index contributed by atoms with van der Waals surface area (Å²) < 4.78 is 0. The highest BCUT2D eigenvalue weighted by Crippen LogP contribution is 2.40. The van der Waals surface area contributed by atoms with Gasteiger partial charge in [0.15, 0.2) is 0 Å². The number of allylic oxidation sites excluding steroid dienone is 2. The molecule has 2 aromatic rings. The van der Waals surface area contributed by atoms with Crippen LogP contribution in [0, 0.1) is 0 Å². The van der Waals surface area contributed by atoms with Crippen molar-refractivity contribution in [2.75, 3.05) is 11.9 Å². The molecule has 3 rings (SSSR count). The quantitative estimate of drug-likeness (QED) is 0.755. The van der Waals surface area contributed by atoms with Gasteiger partial charge in [-0.05, 0) is 35.6 Å². The van der Waals surface area contributed by atoms with Crippen LogP contribution in [-0.2, 0) is 4.79 Å². The first-order chi connectivity index (χ1) is 9.61. The molecular weight excluding hydrogens is 266 g/mol. The average Bonchev–Trinajstić information content (AvgIpc) is 3.07. The number of hydrogen-bond acceptors (Lipinski definition) is 2. The van der Waals surface area contributed by atoms with E-state index in [4.69, 9.17) is 0 Å². The van der Waals surface area contributed by atoms with Gasteiger partial charge in [-0.2, -0.15) is 0 Å². The van der Waals surface area contributed by atoms with E-state index < -0.39 is 0 Å². The molecular formula is C17H15NOS. The van der Waals surface area contributed by atoms with Gasteiger partial charge in [-0.3, -0.25) is 4.79 Å². The van der Waals surface area contributed by atoms with Crippen molar-refractivity contribution in [2.24, 2.45) is 0 Å². The van der Waals surface area contributed by atoms with Crippen LogP contribution in [0.15, 0.2) is 53.9 Å². The van der Waals surface area contributed by atoms with Gasteiger partial charge in [0, 0.05) is 17.5 Å². The van der Waals surface area contributed by atoms with Crippen LogP contribution in [-0.4, -0.2) is 13.0 Å². The zero-order valence-electron chi connectivity index (χ0n) is 11.5. The molecule has 0 atom stereocenters. The van der Waals surface area contributed by atoms with E-state index in [9.17, 15) is 4.79 Å². The van der Waals surface area contributed by atoms with Crippen LogP contribution in [0.25, 0.3) is 11.1 Å². The molecule has 0 saturated heterocycles. The van der Waals surface area contributed by atoms with Crippen LogP contribution in [0.3, 0.4) is 0 Å². The molecule has 20 heavy (non-hydrogen) atoms. The van der Waals surface area contributed by atoms with Crippen molar-refractivity contribution in [3.63, 3.8) is 0 Å². The van der Waals surface area contributed by atoms with Gasteiger partial charge in [-0.1, -0.05) is 30.8 Å². The van der Waals surface area contributed by atoms with Crippen molar-refractivity contribution in [3.05, 3.63) is 64.4 Å². The van der Waals surface area contributed by atoms with E-state index in [2.05, 4.69) is 6.58 Å². The summed E-state index contributed by atoms with van der Waals surface area (Å²) in [6, 6.07) is 11.9. The number of thiophene rings is 1. The van der Waals surface area contributed by atoms with Gasteiger partial charge in [-0.15, -0.1) is 11.3 Å². The van der Waals surface area contributed by atoms with Crippen LogP contribution in [0.5, 0.6) is 0 Å². The molecule has 0 bridgehead atoms. The lowest BCUT2D eigenvalue weighted by atomic mass is 9.97. The average molecular weight is 281 g/mol. The molecule has 3 heteroatoms. The second-order valence-corrected chi connectivity index (χ2v) is 5.78. The summed E-state index contributed by atoms with van der Waals surface area (Å²) in [5.41, 5.74) is 4.60. The number of nitrogens with zero attached hydrogens (tertiary/aromatic N) is 1. The number of hydrogen-bond donors (Lipinski definition) is 0. The minimum atomic E-state index is 0.0430. The van der Waals surface area contributed by atoms with Gasteiger partial charge in [0.05, 0.1) is 11.3 Å². The third kappa shape index (κ3) is 1.82. The number of rotatable bonds is 2. The third-order valence-corrected chi connectivity index (χ3v) is 4.63. The highest BCUT2D eigenvalue weighted by atomic mass is 32.1. The minimum absolute atomic E-state index is 0.0430. The lowest BCUT2D eigenvalue weighted by molar-refractivity contribution is -0.112. The highest BCUT2D eigenvalue weighted by Gasteiger charge is 2.31. The standard InChI is InChI=1S/C17H15NOS/c1-11(15-9-6-10-20-15)12(2)16-13-7-4-5-8-14(13)18(3)17(16)19/h4-10H,1H2,2-3H3/b16-12-. The molecule has 0 fully saturated rings. The monoisotopic (exact) mass is 281 g/mol. The van der Waals surface area contributed by atoms with Crippen molar-refractivity contribution in [2.45, 2.75) is 6.92 Å². The number of para-hydroxylation sites is 1. The molecule has 0 N–H and O–H groups in total. The van der Waals surface area contributed by atoms with E-state index in [1.807, 2.05) is 55.7 Å². The molecule has 1 amide bonds. The van der Waals surface area contributed by atoms with Crippen LogP contribution >= 0.6 is 11.3 Å². The summed E-state index contributed by atoms with van der Waals surface area (Å²) >= 11 is 1.64. The Morgan fingerprint density at radius 2 is 1.95 bits per heavy atom. The second-order valence-electron chi connectivity index (χ2n) is 4.84. The summed E-state index contributed by atoms with van der Waals surface area (Å²) in [6.07, 6.45) is 0. The maximum absolute atomic E-state index is 12.5. The van der Waals surface area contributed by atoms with Crippen molar-refractivity contribution in [1.82, 2.24) is 0 Å². The maximum atomic E-state index is 12.5. The van der Waals surface area contributed by atoms with Crippen LogP contribution < -0.4 is 4.90 Å². The largest absolute Gasteiger partial charge is 0.311 e. The third-order valence-electron chi connectivity index (χ3n) is 3.70. The van der Waals surface area contributed by atoms with E-state index in [-0.39, 0.29) is 5.91 Å². The molecule has 0 unspecified atom stereocenters. The van der Waals surface area contributed by atoms with Gasteiger partial charge >= 0.3 is 0 Å². The first kappa shape index (κ1) is 12.9. The maximum Gasteiger partial charge on any atom is 0.259 e. The molecule has 1 aliphatic heterocycles. The topological polar surface area (TPSA) is 20.3 Å². The Morgan fingerprint density at radius 3 is 2.65 bits per heavy atom. The summed E-state index contributed by atoms with van der Waals surface area (Å²) in [7, 11) is 1.81. The molecule has 0 radical (unpaired) electrons. The van der Waals surface area contributed by atoms with E-state index >= 15 is 0 Å². The van der Waals surface area contributed by atoms with Gasteiger partial charge in [0.2, 0.25) is 0 Å². The molecule has 100 valence electrons. The first-order valence-corrected chi connectivity index (χ1v) is 7.30.